The van der Waals surface area contributed by atoms with Crippen LogP contribution < -0.4 is 0 Å². The van der Waals surface area contributed by atoms with Crippen molar-refractivity contribution in [1.29, 1.82) is 0 Å². The number of carbonyl (C=O) groups is 1. The van der Waals surface area contributed by atoms with Crippen LogP contribution in [-0.4, -0.2) is 11.1 Å². The van der Waals surface area contributed by atoms with Gasteiger partial charge in [0.2, 0.25) is 5.76 Å². The molecular weight excluding hydrogens is 283 g/mol. The van der Waals surface area contributed by atoms with E-state index in [2.05, 4.69) is 15.9 Å². The van der Waals surface area contributed by atoms with Gasteiger partial charge in [-0.3, -0.25) is 0 Å². The number of hydrogen-bond acceptors (Lipinski definition) is 2. The lowest BCUT2D eigenvalue weighted by molar-refractivity contribution is 0.0664. The number of carboxylic acids is 1. The highest BCUT2D eigenvalue weighted by molar-refractivity contribution is 9.10. The largest absolute Gasteiger partial charge is 0.475 e. The Morgan fingerprint density at radius 2 is 2.20 bits per heavy atom. The van der Waals surface area contributed by atoms with Gasteiger partial charge in [-0.05, 0) is 19.1 Å². The zero-order valence-electron chi connectivity index (χ0n) is 7.67. The number of furan rings is 1. The van der Waals surface area contributed by atoms with Gasteiger partial charge in [0.05, 0.1) is 5.02 Å². The number of benzene rings is 1. The molecule has 5 heteroatoms. The minimum atomic E-state index is -1.09. The van der Waals surface area contributed by atoms with Crippen molar-refractivity contribution in [2.24, 2.45) is 0 Å². The van der Waals surface area contributed by atoms with Gasteiger partial charge in [-0.1, -0.05) is 27.5 Å². The Morgan fingerprint density at radius 1 is 1.53 bits per heavy atom. The maximum Gasteiger partial charge on any atom is 0.372 e. The molecule has 78 valence electrons. The summed E-state index contributed by atoms with van der Waals surface area (Å²) < 4.78 is 5.98. The molecule has 1 N–H and O–H groups in total. The topological polar surface area (TPSA) is 50.4 Å². The lowest BCUT2D eigenvalue weighted by Crippen LogP contribution is -1.95. The van der Waals surface area contributed by atoms with Crippen molar-refractivity contribution in [2.45, 2.75) is 6.92 Å². The van der Waals surface area contributed by atoms with E-state index in [9.17, 15) is 4.79 Å². The molecule has 15 heavy (non-hydrogen) atoms. The number of carboxylic acid groups (broad SMARTS) is 1. The molecule has 0 spiro atoms. The third-order valence-corrected chi connectivity index (χ3v) is 3.13. The molecule has 0 amide bonds. The van der Waals surface area contributed by atoms with Gasteiger partial charge in [0, 0.05) is 15.4 Å². The molecular formula is C10H6BrClO3. The molecule has 0 aliphatic carbocycles. The van der Waals surface area contributed by atoms with Crippen molar-refractivity contribution >= 4 is 44.5 Å². The highest BCUT2D eigenvalue weighted by Crippen LogP contribution is 2.35. The van der Waals surface area contributed by atoms with Crippen LogP contribution in [0.15, 0.2) is 21.0 Å². The smallest absolute Gasteiger partial charge is 0.372 e. The Balaban J connectivity index is 2.93. The van der Waals surface area contributed by atoms with Crippen LogP contribution in [0.1, 0.15) is 16.1 Å². The summed E-state index contributed by atoms with van der Waals surface area (Å²) >= 11 is 9.24. The van der Waals surface area contributed by atoms with Gasteiger partial charge >= 0.3 is 5.97 Å². The van der Waals surface area contributed by atoms with Crippen LogP contribution in [0.3, 0.4) is 0 Å². The Kier molecular flexibility index (Phi) is 2.48. The first kappa shape index (κ1) is 10.5. The number of fused-ring (bicyclic) bond motifs is 1. The standard InChI is InChI=1S/C10H6BrClO3/c1-4-7-5(11)2-3-6(12)9(7)15-8(4)10(13)14/h2-3H,1H3,(H,13,14). The Labute approximate surface area is 98.8 Å². The summed E-state index contributed by atoms with van der Waals surface area (Å²) in [4.78, 5) is 10.9. The third kappa shape index (κ3) is 1.54. The van der Waals surface area contributed by atoms with Crippen LogP contribution in [0.25, 0.3) is 11.0 Å². The van der Waals surface area contributed by atoms with E-state index in [0.29, 0.717) is 21.6 Å². The average Bonchev–Trinajstić information content (AvgIpc) is 2.51. The monoisotopic (exact) mass is 288 g/mol. The third-order valence-electron chi connectivity index (χ3n) is 2.17. The molecule has 1 heterocycles. The maximum atomic E-state index is 10.9. The SMILES string of the molecule is Cc1c(C(=O)O)oc2c(Cl)ccc(Br)c12. The molecule has 0 unspecified atom stereocenters. The van der Waals surface area contributed by atoms with Crippen LogP contribution in [0.5, 0.6) is 0 Å². The second kappa shape index (κ2) is 3.54. The molecule has 0 aliphatic heterocycles. The van der Waals surface area contributed by atoms with Gasteiger partial charge < -0.3 is 9.52 Å². The average molecular weight is 290 g/mol. The minimum absolute atomic E-state index is 0.0706. The quantitative estimate of drug-likeness (QED) is 0.867. The molecule has 0 aliphatic rings. The van der Waals surface area contributed by atoms with Gasteiger partial charge in [-0.25, -0.2) is 4.79 Å². The van der Waals surface area contributed by atoms with E-state index < -0.39 is 5.97 Å². The molecule has 1 aromatic heterocycles. The number of halogens is 2. The van der Waals surface area contributed by atoms with Crippen molar-refractivity contribution in [2.75, 3.05) is 0 Å². The summed E-state index contributed by atoms with van der Waals surface area (Å²) in [5.74, 6) is -1.16. The molecule has 0 radical (unpaired) electrons. The van der Waals surface area contributed by atoms with Gasteiger partial charge in [-0.15, -0.1) is 0 Å². The highest BCUT2D eigenvalue weighted by atomic mass is 79.9. The summed E-state index contributed by atoms with van der Waals surface area (Å²) in [6.07, 6.45) is 0. The summed E-state index contributed by atoms with van der Waals surface area (Å²) in [5.41, 5.74) is 0.979. The fourth-order valence-corrected chi connectivity index (χ4v) is 2.28. The normalized spacial score (nSPS) is 10.9. The van der Waals surface area contributed by atoms with E-state index >= 15 is 0 Å². The number of hydrogen-bond donors (Lipinski definition) is 1. The zero-order chi connectivity index (χ0) is 11.2. The van der Waals surface area contributed by atoms with E-state index in [1.807, 2.05) is 0 Å². The van der Waals surface area contributed by atoms with Crippen LogP contribution in [0.2, 0.25) is 5.02 Å². The Morgan fingerprint density at radius 3 is 2.73 bits per heavy atom. The molecule has 1 aromatic carbocycles. The highest BCUT2D eigenvalue weighted by Gasteiger charge is 2.19. The van der Waals surface area contributed by atoms with Crippen molar-refractivity contribution in [3.05, 3.63) is 33.0 Å². The summed E-state index contributed by atoms with van der Waals surface area (Å²) in [7, 11) is 0. The first-order chi connectivity index (χ1) is 7.02. The predicted molar refractivity (Wildman–Crippen MR) is 60.6 cm³/mol. The summed E-state index contributed by atoms with van der Waals surface area (Å²) in [6.45, 7) is 1.69. The lowest BCUT2D eigenvalue weighted by atomic mass is 10.1. The van der Waals surface area contributed by atoms with E-state index in [1.54, 1.807) is 19.1 Å². The maximum absolute atomic E-state index is 10.9. The minimum Gasteiger partial charge on any atom is -0.475 e. The Bertz CT molecular complexity index is 559. The second-order valence-electron chi connectivity index (χ2n) is 3.09. The second-order valence-corrected chi connectivity index (χ2v) is 4.36. The van der Waals surface area contributed by atoms with E-state index in [1.165, 1.54) is 0 Å². The van der Waals surface area contributed by atoms with E-state index in [0.717, 1.165) is 4.47 Å². The summed E-state index contributed by atoms with van der Waals surface area (Å²) in [6, 6.07) is 3.42. The van der Waals surface area contributed by atoms with E-state index in [4.69, 9.17) is 21.1 Å². The van der Waals surface area contributed by atoms with Gasteiger partial charge in [-0.2, -0.15) is 0 Å². The molecule has 0 saturated heterocycles. The van der Waals surface area contributed by atoms with Crippen LogP contribution in [0.4, 0.5) is 0 Å². The van der Waals surface area contributed by atoms with Crippen LogP contribution >= 0.6 is 27.5 Å². The fourth-order valence-electron chi connectivity index (χ4n) is 1.48. The Hall–Kier alpha value is -1.000. The molecule has 2 aromatic rings. The van der Waals surface area contributed by atoms with Gasteiger partial charge in [0.25, 0.3) is 0 Å². The van der Waals surface area contributed by atoms with Crippen molar-refractivity contribution in [3.8, 4) is 0 Å². The summed E-state index contributed by atoms with van der Waals surface area (Å²) in [5, 5.41) is 10.0. The zero-order valence-corrected chi connectivity index (χ0v) is 10.0. The molecule has 3 nitrogen and oxygen atoms in total. The van der Waals surface area contributed by atoms with Gasteiger partial charge in [0.15, 0.2) is 5.58 Å². The number of aromatic carboxylic acids is 1. The van der Waals surface area contributed by atoms with Crippen molar-refractivity contribution in [1.82, 2.24) is 0 Å². The van der Waals surface area contributed by atoms with Crippen molar-refractivity contribution in [3.63, 3.8) is 0 Å². The van der Waals surface area contributed by atoms with Crippen LogP contribution in [-0.2, 0) is 0 Å². The fraction of sp³-hybridized carbons (Fsp3) is 0.100. The van der Waals surface area contributed by atoms with Crippen molar-refractivity contribution < 1.29 is 14.3 Å². The van der Waals surface area contributed by atoms with Crippen LogP contribution in [0, 0.1) is 6.92 Å². The lowest BCUT2D eigenvalue weighted by Gasteiger charge is -1.95. The molecule has 0 saturated carbocycles. The molecule has 0 bridgehead atoms. The first-order valence-corrected chi connectivity index (χ1v) is 5.30. The predicted octanol–water partition coefficient (Wildman–Crippen LogP) is 3.86. The molecule has 2 rings (SSSR count). The molecule has 0 atom stereocenters. The first-order valence-electron chi connectivity index (χ1n) is 4.12. The number of aryl methyl sites for hydroxylation is 1. The molecule has 0 fully saturated rings. The number of rotatable bonds is 1. The van der Waals surface area contributed by atoms with Gasteiger partial charge in [0.1, 0.15) is 0 Å². The van der Waals surface area contributed by atoms with E-state index in [-0.39, 0.29) is 5.76 Å².